The zero-order valence-corrected chi connectivity index (χ0v) is 20.3. The maximum absolute atomic E-state index is 13.2. The SMILES string of the molecule is CCC(C(=O)Nc1ccccc1C(=O)NCc1cccnc1)N(c1ccc(Cl)cc1)S(C)(=O)=O. The highest BCUT2D eigenvalue weighted by atomic mass is 35.5. The summed E-state index contributed by atoms with van der Waals surface area (Å²) in [4.78, 5) is 30.1. The summed E-state index contributed by atoms with van der Waals surface area (Å²) >= 11 is 5.94. The molecular weight excluding hydrogens is 476 g/mol. The van der Waals surface area contributed by atoms with E-state index in [4.69, 9.17) is 11.6 Å². The van der Waals surface area contributed by atoms with E-state index in [2.05, 4.69) is 15.6 Å². The fourth-order valence-corrected chi connectivity index (χ4v) is 4.77. The van der Waals surface area contributed by atoms with Gasteiger partial charge in [-0.3, -0.25) is 18.9 Å². The van der Waals surface area contributed by atoms with Crippen LogP contribution >= 0.6 is 11.6 Å². The molecule has 0 saturated carbocycles. The van der Waals surface area contributed by atoms with E-state index in [0.717, 1.165) is 16.1 Å². The van der Waals surface area contributed by atoms with E-state index in [9.17, 15) is 18.0 Å². The van der Waals surface area contributed by atoms with Gasteiger partial charge in [0.2, 0.25) is 15.9 Å². The van der Waals surface area contributed by atoms with Gasteiger partial charge in [-0.1, -0.05) is 36.7 Å². The molecule has 178 valence electrons. The Labute approximate surface area is 204 Å². The van der Waals surface area contributed by atoms with Gasteiger partial charge in [0.1, 0.15) is 6.04 Å². The van der Waals surface area contributed by atoms with Crippen molar-refractivity contribution in [2.45, 2.75) is 25.9 Å². The first-order valence-corrected chi connectivity index (χ1v) is 12.7. The summed E-state index contributed by atoms with van der Waals surface area (Å²) < 4.78 is 26.3. The maximum atomic E-state index is 13.2. The molecule has 0 aliphatic heterocycles. The quantitative estimate of drug-likeness (QED) is 0.464. The lowest BCUT2D eigenvalue weighted by Crippen LogP contribution is -2.47. The molecule has 2 amide bonds. The van der Waals surface area contributed by atoms with E-state index in [1.807, 2.05) is 6.07 Å². The standard InChI is InChI=1S/C24H25ClN4O4S/c1-3-22(29(34(2,32)33)19-12-10-18(25)11-13-19)24(31)28-21-9-5-4-8-20(21)23(30)27-16-17-7-6-14-26-15-17/h4-15,22H,3,16H2,1-2H3,(H,27,30)(H,28,31). The van der Waals surface area contributed by atoms with E-state index in [0.29, 0.717) is 10.7 Å². The minimum atomic E-state index is -3.80. The number of aromatic nitrogens is 1. The summed E-state index contributed by atoms with van der Waals surface area (Å²) in [6.07, 6.45) is 4.54. The molecule has 3 rings (SSSR count). The Bertz CT molecular complexity index is 1250. The molecule has 0 bridgehead atoms. The summed E-state index contributed by atoms with van der Waals surface area (Å²) in [6, 6.07) is 15.3. The molecule has 34 heavy (non-hydrogen) atoms. The van der Waals surface area contributed by atoms with Crippen molar-refractivity contribution in [3.63, 3.8) is 0 Å². The molecule has 2 aromatic carbocycles. The summed E-state index contributed by atoms with van der Waals surface area (Å²) in [5, 5.41) is 5.98. The average molecular weight is 501 g/mol. The topological polar surface area (TPSA) is 108 Å². The number of para-hydroxylation sites is 1. The number of rotatable bonds is 9. The number of amides is 2. The number of pyridine rings is 1. The Hall–Kier alpha value is -3.43. The van der Waals surface area contributed by atoms with Crippen molar-refractivity contribution in [1.82, 2.24) is 10.3 Å². The Balaban J connectivity index is 1.83. The lowest BCUT2D eigenvalue weighted by molar-refractivity contribution is -0.117. The molecule has 3 aromatic rings. The Morgan fingerprint density at radius 2 is 1.76 bits per heavy atom. The van der Waals surface area contributed by atoms with Gasteiger partial charge < -0.3 is 10.6 Å². The van der Waals surface area contributed by atoms with Crippen LogP contribution in [0, 0.1) is 0 Å². The van der Waals surface area contributed by atoms with Gasteiger partial charge in [0, 0.05) is 24.0 Å². The fourth-order valence-electron chi connectivity index (χ4n) is 3.43. The van der Waals surface area contributed by atoms with Crippen LogP contribution in [0.5, 0.6) is 0 Å². The molecule has 8 nitrogen and oxygen atoms in total. The van der Waals surface area contributed by atoms with E-state index >= 15 is 0 Å². The Kier molecular flexibility index (Phi) is 8.25. The van der Waals surface area contributed by atoms with Crippen molar-refractivity contribution in [3.05, 3.63) is 89.2 Å². The minimum Gasteiger partial charge on any atom is -0.348 e. The predicted octanol–water partition coefficient (Wildman–Crippen LogP) is 3.85. The van der Waals surface area contributed by atoms with Gasteiger partial charge in [-0.25, -0.2) is 8.42 Å². The number of sulfonamides is 1. The van der Waals surface area contributed by atoms with Gasteiger partial charge in [-0.15, -0.1) is 0 Å². The molecule has 0 aliphatic carbocycles. The van der Waals surface area contributed by atoms with Crippen molar-refractivity contribution in [3.8, 4) is 0 Å². The average Bonchev–Trinajstić information content (AvgIpc) is 2.82. The highest BCUT2D eigenvalue weighted by Gasteiger charge is 2.32. The van der Waals surface area contributed by atoms with E-state index in [1.165, 1.54) is 0 Å². The van der Waals surface area contributed by atoms with E-state index < -0.39 is 22.0 Å². The first kappa shape index (κ1) is 25.2. The molecule has 0 aliphatic rings. The normalized spacial score (nSPS) is 12.0. The van der Waals surface area contributed by atoms with Gasteiger partial charge in [0.05, 0.1) is 23.2 Å². The van der Waals surface area contributed by atoms with Crippen molar-refractivity contribution in [1.29, 1.82) is 0 Å². The van der Waals surface area contributed by atoms with Crippen LogP contribution in [-0.4, -0.2) is 37.5 Å². The smallest absolute Gasteiger partial charge is 0.253 e. The Morgan fingerprint density at radius 3 is 2.38 bits per heavy atom. The molecule has 2 N–H and O–H groups in total. The monoisotopic (exact) mass is 500 g/mol. The molecule has 0 radical (unpaired) electrons. The number of anilines is 2. The van der Waals surface area contributed by atoms with Gasteiger partial charge in [-0.2, -0.15) is 0 Å². The van der Waals surface area contributed by atoms with E-state index in [-0.39, 0.29) is 30.1 Å². The maximum Gasteiger partial charge on any atom is 0.253 e. The molecule has 0 saturated heterocycles. The van der Waals surface area contributed by atoms with Gasteiger partial charge in [-0.05, 0) is 54.4 Å². The molecule has 1 atom stereocenters. The van der Waals surface area contributed by atoms with Crippen LogP contribution in [0.4, 0.5) is 11.4 Å². The predicted molar refractivity (Wildman–Crippen MR) is 133 cm³/mol. The summed E-state index contributed by atoms with van der Waals surface area (Å²) in [6.45, 7) is 1.98. The first-order chi connectivity index (χ1) is 16.2. The van der Waals surface area contributed by atoms with Crippen LogP contribution in [-0.2, 0) is 21.4 Å². The number of nitrogens with one attached hydrogen (secondary N) is 2. The third-order valence-corrected chi connectivity index (χ3v) is 6.45. The molecule has 1 heterocycles. The van der Waals surface area contributed by atoms with Gasteiger partial charge in [0.15, 0.2) is 0 Å². The van der Waals surface area contributed by atoms with Crippen LogP contribution in [0.15, 0.2) is 73.1 Å². The van der Waals surface area contributed by atoms with Crippen LogP contribution in [0.2, 0.25) is 5.02 Å². The summed E-state index contributed by atoms with van der Waals surface area (Å²) in [7, 11) is -3.80. The second-order valence-electron chi connectivity index (χ2n) is 7.54. The zero-order chi connectivity index (χ0) is 24.7. The molecule has 0 spiro atoms. The third kappa shape index (κ3) is 6.33. The second-order valence-corrected chi connectivity index (χ2v) is 9.83. The number of hydrogen-bond acceptors (Lipinski definition) is 5. The molecule has 1 aromatic heterocycles. The van der Waals surface area contributed by atoms with Crippen molar-refractivity contribution < 1.29 is 18.0 Å². The van der Waals surface area contributed by atoms with Crippen molar-refractivity contribution >= 4 is 44.8 Å². The molecule has 10 heteroatoms. The number of nitrogens with zero attached hydrogens (tertiary/aromatic N) is 2. The van der Waals surface area contributed by atoms with Crippen LogP contribution < -0.4 is 14.9 Å². The van der Waals surface area contributed by atoms with Crippen LogP contribution in [0.1, 0.15) is 29.3 Å². The number of benzene rings is 2. The number of hydrogen-bond donors (Lipinski definition) is 2. The van der Waals surface area contributed by atoms with Crippen LogP contribution in [0.25, 0.3) is 0 Å². The summed E-state index contributed by atoms with van der Waals surface area (Å²) in [5.41, 5.74) is 1.68. The fraction of sp³-hybridized carbons (Fsp3) is 0.208. The second kappa shape index (κ2) is 11.1. The summed E-state index contributed by atoms with van der Waals surface area (Å²) in [5.74, 6) is -0.944. The van der Waals surface area contributed by atoms with Crippen molar-refractivity contribution in [2.75, 3.05) is 15.9 Å². The Morgan fingerprint density at radius 1 is 1.06 bits per heavy atom. The van der Waals surface area contributed by atoms with E-state index in [1.54, 1.807) is 73.9 Å². The largest absolute Gasteiger partial charge is 0.348 e. The molecule has 1 unspecified atom stereocenters. The molecular formula is C24H25ClN4O4S. The number of halogens is 1. The first-order valence-electron chi connectivity index (χ1n) is 10.5. The van der Waals surface area contributed by atoms with Gasteiger partial charge >= 0.3 is 0 Å². The highest BCUT2D eigenvalue weighted by molar-refractivity contribution is 7.92. The van der Waals surface area contributed by atoms with Gasteiger partial charge in [0.25, 0.3) is 5.91 Å². The van der Waals surface area contributed by atoms with Crippen molar-refractivity contribution in [2.24, 2.45) is 0 Å². The lowest BCUT2D eigenvalue weighted by atomic mass is 10.1. The highest BCUT2D eigenvalue weighted by Crippen LogP contribution is 2.25. The minimum absolute atomic E-state index is 0.205. The molecule has 0 fully saturated rings. The lowest BCUT2D eigenvalue weighted by Gasteiger charge is -2.30. The van der Waals surface area contributed by atoms with Crippen LogP contribution in [0.3, 0.4) is 0 Å². The zero-order valence-electron chi connectivity index (χ0n) is 18.7. The number of carbonyl (C=O) groups excluding carboxylic acids is 2. The number of carbonyl (C=O) groups is 2. The third-order valence-electron chi connectivity index (χ3n) is 5.02.